The maximum atomic E-state index is 12.1. The monoisotopic (exact) mass is 283 g/mol. The summed E-state index contributed by atoms with van der Waals surface area (Å²) in [6.45, 7) is 7.33. The number of carbonyl (C=O) groups is 1. The number of likely N-dealkylation sites (tertiary alicyclic amines) is 1. The Labute approximate surface area is 124 Å². The van der Waals surface area contributed by atoms with Crippen molar-refractivity contribution in [3.05, 3.63) is 0 Å². The fraction of sp³-hybridized carbons (Fsp3) is 0.938. The molecular formula is C16H33N3O. The van der Waals surface area contributed by atoms with Gasteiger partial charge in [-0.2, -0.15) is 0 Å². The summed E-state index contributed by atoms with van der Waals surface area (Å²) in [5, 5.41) is 3.23. The molecule has 1 aliphatic rings. The van der Waals surface area contributed by atoms with E-state index in [0.717, 1.165) is 38.9 Å². The molecule has 1 aliphatic heterocycles. The maximum Gasteiger partial charge on any atom is 0.220 e. The van der Waals surface area contributed by atoms with Gasteiger partial charge >= 0.3 is 0 Å². The van der Waals surface area contributed by atoms with Gasteiger partial charge in [0.2, 0.25) is 5.91 Å². The van der Waals surface area contributed by atoms with Crippen molar-refractivity contribution in [2.75, 3.05) is 26.7 Å². The third-order valence-electron chi connectivity index (χ3n) is 4.51. The minimum Gasteiger partial charge on any atom is -0.353 e. The molecule has 4 heteroatoms. The van der Waals surface area contributed by atoms with E-state index in [2.05, 4.69) is 31.1 Å². The lowest BCUT2D eigenvalue weighted by Crippen LogP contribution is -2.48. The van der Waals surface area contributed by atoms with Gasteiger partial charge in [-0.1, -0.05) is 26.7 Å². The minimum atomic E-state index is 0.226. The molecule has 0 saturated carbocycles. The lowest BCUT2D eigenvalue weighted by molar-refractivity contribution is -0.122. The second-order valence-electron chi connectivity index (χ2n) is 6.47. The number of carbonyl (C=O) groups excluding carboxylic acids is 1. The number of rotatable bonds is 8. The van der Waals surface area contributed by atoms with Crippen LogP contribution in [0.15, 0.2) is 0 Å². The molecule has 3 unspecified atom stereocenters. The van der Waals surface area contributed by atoms with Crippen molar-refractivity contribution in [2.45, 2.75) is 58.4 Å². The molecule has 3 N–H and O–H groups in total. The fourth-order valence-corrected chi connectivity index (χ4v) is 3.26. The van der Waals surface area contributed by atoms with Crippen LogP contribution in [0.25, 0.3) is 0 Å². The van der Waals surface area contributed by atoms with Crippen LogP contribution in [0.2, 0.25) is 0 Å². The molecule has 0 spiro atoms. The van der Waals surface area contributed by atoms with E-state index in [0.29, 0.717) is 24.3 Å². The zero-order valence-electron chi connectivity index (χ0n) is 13.5. The van der Waals surface area contributed by atoms with Crippen LogP contribution >= 0.6 is 0 Å². The van der Waals surface area contributed by atoms with Crippen molar-refractivity contribution >= 4 is 5.91 Å². The molecule has 20 heavy (non-hydrogen) atoms. The van der Waals surface area contributed by atoms with E-state index in [9.17, 15) is 4.79 Å². The zero-order valence-corrected chi connectivity index (χ0v) is 13.5. The van der Waals surface area contributed by atoms with Gasteiger partial charge in [-0.05, 0) is 51.2 Å². The van der Waals surface area contributed by atoms with Crippen LogP contribution in [-0.4, -0.2) is 43.5 Å². The molecular weight excluding hydrogens is 250 g/mol. The van der Waals surface area contributed by atoms with E-state index >= 15 is 0 Å². The quantitative estimate of drug-likeness (QED) is 0.716. The summed E-state index contributed by atoms with van der Waals surface area (Å²) in [4.78, 5) is 14.4. The van der Waals surface area contributed by atoms with Crippen molar-refractivity contribution in [3.63, 3.8) is 0 Å². The molecule has 3 atom stereocenters. The van der Waals surface area contributed by atoms with Gasteiger partial charge in [-0.3, -0.25) is 4.79 Å². The van der Waals surface area contributed by atoms with E-state index < -0.39 is 0 Å². The SMILES string of the molecule is CCCC(CCN)CCC(=O)NC1CCN(C)CC1C. The number of amides is 1. The molecule has 118 valence electrons. The van der Waals surface area contributed by atoms with Crippen LogP contribution in [0.4, 0.5) is 0 Å². The van der Waals surface area contributed by atoms with Gasteiger partial charge in [-0.15, -0.1) is 0 Å². The highest BCUT2D eigenvalue weighted by Crippen LogP contribution is 2.18. The number of nitrogens with two attached hydrogens (primary N) is 1. The van der Waals surface area contributed by atoms with E-state index in [1.165, 1.54) is 12.8 Å². The van der Waals surface area contributed by atoms with Gasteiger partial charge in [0, 0.05) is 19.0 Å². The van der Waals surface area contributed by atoms with Crippen molar-refractivity contribution in [3.8, 4) is 0 Å². The highest BCUT2D eigenvalue weighted by atomic mass is 16.1. The molecule has 1 rings (SSSR count). The van der Waals surface area contributed by atoms with Crippen LogP contribution in [0, 0.1) is 11.8 Å². The second kappa shape index (κ2) is 9.35. The number of hydrogen-bond donors (Lipinski definition) is 2. The Morgan fingerprint density at radius 1 is 1.40 bits per heavy atom. The molecule has 0 aromatic rings. The summed E-state index contributed by atoms with van der Waals surface area (Å²) in [5.74, 6) is 1.39. The van der Waals surface area contributed by atoms with Crippen molar-refractivity contribution < 1.29 is 4.79 Å². The van der Waals surface area contributed by atoms with E-state index in [-0.39, 0.29) is 5.91 Å². The van der Waals surface area contributed by atoms with Gasteiger partial charge < -0.3 is 16.0 Å². The first-order valence-electron chi connectivity index (χ1n) is 8.24. The normalized spacial score (nSPS) is 25.4. The first-order valence-corrected chi connectivity index (χ1v) is 8.24. The molecule has 1 amide bonds. The predicted molar refractivity (Wildman–Crippen MR) is 84.5 cm³/mol. The van der Waals surface area contributed by atoms with E-state index in [1.807, 2.05) is 0 Å². The zero-order chi connectivity index (χ0) is 15.0. The van der Waals surface area contributed by atoms with Gasteiger partial charge in [0.15, 0.2) is 0 Å². The van der Waals surface area contributed by atoms with Crippen LogP contribution in [0.3, 0.4) is 0 Å². The summed E-state index contributed by atoms with van der Waals surface area (Å²) in [5.41, 5.74) is 5.64. The number of hydrogen-bond acceptors (Lipinski definition) is 3. The summed E-state index contributed by atoms with van der Waals surface area (Å²) >= 11 is 0. The number of nitrogens with one attached hydrogen (secondary N) is 1. The lowest BCUT2D eigenvalue weighted by Gasteiger charge is -2.35. The summed E-state index contributed by atoms with van der Waals surface area (Å²) < 4.78 is 0. The van der Waals surface area contributed by atoms with Gasteiger partial charge in [0.05, 0.1) is 0 Å². The lowest BCUT2D eigenvalue weighted by atomic mass is 9.92. The van der Waals surface area contributed by atoms with Gasteiger partial charge in [0.25, 0.3) is 0 Å². The van der Waals surface area contributed by atoms with Crippen LogP contribution in [-0.2, 0) is 4.79 Å². The molecule has 1 heterocycles. The molecule has 0 bridgehead atoms. The van der Waals surface area contributed by atoms with Crippen LogP contribution in [0.1, 0.15) is 52.4 Å². The molecule has 1 saturated heterocycles. The van der Waals surface area contributed by atoms with Crippen molar-refractivity contribution in [1.82, 2.24) is 10.2 Å². The Kier molecular flexibility index (Phi) is 8.15. The average molecular weight is 283 g/mol. The molecule has 0 aromatic heterocycles. The van der Waals surface area contributed by atoms with E-state index in [1.54, 1.807) is 0 Å². The highest BCUT2D eigenvalue weighted by Gasteiger charge is 2.25. The topological polar surface area (TPSA) is 58.4 Å². The summed E-state index contributed by atoms with van der Waals surface area (Å²) in [6.07, 6.45) is 6.13. The Balaban J connectivity index is 2.28. The average Bonchev–Trinajstić information content (AvgIpc) is 2.40. The Hall–Kier alpha value is -0.610. The molecule has 0 radical (unpaired) electrons. The maximum absolute atomic E-state index is 12.1. The summed E-state index contributed by atoms with van der Waals surface area (Å²) in [6, 6.07) is 0.359. The predicted octanol–water partition coefficient (Wildman–Crippen LogP) is 1.99. The van der Waals surface area contributed by atoms with Crippen molar-refractivity contribution in [1.29, 1.82) is 0 Å². The second-order valence-corrected chi connectivity index (χ2v) is 6.47. The van der Waals surface area contributed by atoms with Gasteiger partial charge in [0.1, 0.15) is 0 Å². The molecule has 4 nitrogen and oxygen atoms in total. The third-order valence-corrected chi connectivity index (χ3v) is 4.51. The standard InChI is InChI=1S/C16H33N3O/c1-4-5-14(8-10-17)6-7-16(20)18-15-9-11-19(3)12-13(15)2/h13-15H,4-12,17H2,1-3H3,(H,18,20). The third kappa shape index (κ3) is 6.23. The Morgan fingerprint density at radius 2 is 2.15 bits per heavy atom. The minimum absolute atomic E-state index is 0.226. The fourth-order valence-electron chi connectivity index (χ4n) is 3.26. The molecule has 0 aliphatic carbocycles. The first-order chi connectivity index (χ1) is 9.56. The van der Waals surface area contributed by atoms with Crippen LogP contribution < -0.4 is 11.1 Å². The number of nitrogens with zero attached hydrogens (tertiary/aromatic N) is 1. The number of piperidine rings is 1. The Bertz CT molecular complexity index is 277. The van der Waals surface area contributed by atoms with E-state index in [4.69, 9.17) is 5.73 Å². The molecule has 1 fully saturated rings. The van der Waals surface area contributed by atoms with Crippen LogP contribution in [0.5, 0.6) is 0 Å². The molecule has 0 aromatic carbocycles. The first kappa shape index (κ1) is 17.4. The van der Waals surface area contributed by atoms with Crippen molar-refractivity contribution in [2.24, 2.45) is 17.6 Å². The largest absolute Gasteiger partial charge is 0.353 e. The smallest absolute Gasteiger partial charge is 0.220 e. The summed E-state index contributed by atoms with van der Waals surface area (Å²) in [7, 11) is 2.15. The highest BCUT2D eigenvalue weighted by molar-refractivity contribution is 5.76. The Morgan fingerprint density at radius 3 is 2.75 bits per heavy atom. The van der Waals surface area contributed by atoms with Gasteiger partial charge in [-0.25, -0.2) is 0 Å².